The molecule has 0 saturated carbocycles. The Bertz CT molecular complexity index is 599. The normalized spacial score (nSPS) is 12.1. The number of hydrogen-bond donors (Lipinski definition) is 2. The minimum atomic E-state index is -0.335. The van der Waals surface area contributed by atoms with Gasteiger partial charge >= 0.3 is 0 Å². The summed E-state index contributed by atoms with van der Waals surface area (Å²) in [6, 6.07) is 12.6. The van der Waals surface area contributed by atoms with Crippen LogP contribution in [0.4, 0.5) is 4.39 Å². The third kappa shape index (κ3) is 4.74. The highest BCUT2D eigenvalue weighted by atomic mass is 19.1. The van der Waals surface area contributed by atoms with Crippen molar-refractivity contribution in [1.82, 2.24) is 5.32 Å². The van der Waals surface area contributed by atoms with E-state index in [1.165, 1.54) is 18.7 Å². The number of halogens is 1. The first-order valence-electron chi connectivity index (χ1n) is 7.42. The molecule has 0 saturated heterocycles. The van der Waals surface area contributed by atoms with Gasteiger partial charge in [-0.2, -0.15) is 0 Å². The Balaban J connectivity index is 1.78. The number of ether oxygens (including phenoxy) is 1. The fourth-order valence-corrected chi connectivity index (χ4v) is 2.26. The van der Waals surface area contributed by atoms with Crippen molar-refractivity contribution < 1.29 is 14.2 Å². The van der Waals surface area contributed by atoms with Crippen LogP contribution in [0.1, 0.15) is 24.5 Å². The summed E-state index contributed by atoms with van der Waals surface area (Å²) in [6.07, 6.45) is 1.91. The lowest BCUT2D eigenvalue weighted by atomic mass is 10.1. The number of hydrogen-bond acceptors (Lipinski definition) is 3. The first-order chi connectivity index (χ1) is 10.6. The fourth-order valence-electron chi connectivity index (χ4n) is 2.26. The van der Waals surface area contributed by atoms with Crippen LogP contribution in [0.3, 0.4) is 0 Å². The maximum absolute atomic E-state index is 13.6. The highest BCUT2D eigenvalue weighted by Crippen LogP contribution is 2.18. The summed E-state index contributed by atoms with van der Waals surface area (Å²) >= 11 is 0. The van der Waals surface area contributed by atoms with Gasteiger partial charge in [0.25, 0.3) is 0 Å². The topological polar surface area (TPSA) is 41.5 Å². The smallest absolute Gasteiger partial charge is 0.165 e. The highest BCUT2D eigenvalue weighted by Gasteiger charge is 2.06. The highest BCUT2D eigenvalue weighted by molar-refractivity contribution is 5.29. The zero-order valence-electron chi connectivity index (χ0n) is 13.0. The lowest BCUT2D eigenvalue weighted by Gasteiger charge is -2.14. The van der Waals surface area contributed by atoms with Gasteiger partial charge in [-0.05, 0) is 55.2 Å². The molecule has 1 unspecified atom stereocenters. The van der Waals surface area contributed by atoms with E-state index in [9.17, 15) is 9.50 Å². The summed E-state index contributed by atoms with van der Waals surface area (Å²) in [6.45, 7) is 2.73. The third-order valence-electron chi connectivity index (χ3n) is 3.67. The van der Waals surface area contributed by atoms with Crippen LogP contribution >= 0.6 is 0 Å². The number of nitrogens with one attached hydrogen (secondary N) is 1. The van der Waals surface area contributed by atoms with E-state index in [-0.39, 0.29) is 17.3 Å². The Labute approximate surface area is 130 Å². The molecule has 2 aromatic rings. The maximum Gasteiger partial charge on any atom is 0.165 e. The van der Waals surface area contributed by atoms with Crippen LogP contribution in [0.5, 0.6) is 11.5 Å². The van der Waals surface area contributed by atoms with Crippen molar-refractivity contribution >= 4 is 0 Å². The molecule has 0 fully saturated rings. The standard InChI is InChI=1S/C18H22FNO2/c1-13(3-4-14-5-8-16(21)9-6-14)20-12-15-7-10-18(22-2)17(19)11-15/h5-11,13,20-21H,3-4,12H2,1-2H3. The number of benzene rings is 2. The summed E-state index contributed by atoms with van der Waals surface area (Å²) in [5.74, 6) is 0.221. The van der Waals surface area contributed by atoms with Gasteiger partial charge in [-0.15, -0.1) is 0 Å². The van der Waals surface area contributed by atoms with Gasteiger partial charge in [0.15, 0.2) is 11.6 Å². The third-order valence-corrected chi connectivity index (χ3v) is 3.67. The Morgan fingerprint density at radius 3 is 2.45 bits per heavy atom. The molecule has 0 aliphatic rings. The van der Waals surface area contributed by atoms with E-state index in [0.717, 1.165) is 18.4 Å². The lowest BCUT2D eigenvalue weighted by Crippen LogP contribution is -2.26. The van der Waals surface area contributed by atoms with Gasteiger partial charge in [0.05, 0.1) is 7.11 Å². The lowest BCUT2D eigenvalue weighted by molar-refractivity contribution is 0.386. The Morgan fingerprint density at radius 1 is 1.14 bits per heavy atom. The van der Waals surface area contributed by atoms with Crippen molar-refractivity contribution in [3.63, 3.8) is 0 Å². The number of rotatable bonds is 7. The van der Waals surface area contributed by atoms with E-state index >= 15 is 0 Å². The largest absolute Gasteiger partial charge is 0.508 e. The van der Waals surface area contributed by atoms with Gasteiger partial charge in [0.1, 0.15) is 5.75 Å². The molecule has 1 atom stereocenters. The summed E-state index contributed by atoms with van der Waals surface area (Å²) in [5.41, 5.74) is 2.09. The molecule has 0 radical (unpaired) electrons. The second-order valence-corrected chi connectivity index (χ2v) is 5.46. The van der Waals surface area contributed by atoms with Gasteiger partial charge in [-0.1, -0.05) is 18.2 Å². The van der Waals surface area contributed by atoms with Crippen molar-refractivity contribution in [1.29, 1.82) is 0 Å². The van der Waals surface area contributed by atoms with Crippen LogP contribution in [0.25, 0.3) is 0 Å². The molecule has 0 heterocycles. The van der Waals surface area contributed by atoms with Gasteiger partial charge < -0.3 is 15.2 Å². The molecule has 0 aromatic heterocycles. The number of phenols is 1. The molecule has 0 amide bonds. The zero-order valence-corrected chi connectivity index (χ0v) is 13.0. The van der Waals surface area contributed by atoms with E-state index in [0.29, 0.717) is 12.6 Å². The molecular weight excluding hydrogens is 281 g/mol. The average Bonchev–Trinajstić information content (AvgIpc) is 2.52. The Morgan fingerprint density at radius 2 is 1.82 bits per heavy atom. The van der Waals surface area contributed by atoms with Crippen LogP contribution < -0.4 is 10.1 Å². The molecule has 0 spiro atoms. The van der Waals surface area contributed by atoms with Crippen molar-refractivity contribution in [3.05, 3.63) is 59.4 Å². The predicted molar refractivity (Wildman–Crippen MR) is 85.7 cm³/mol. The predicted octanol–water partition coefficient (Wildman–Crippen LogP) is 3.65. The van der Waals surface area contributed by atoms with Crippen molar-refractivity contribution in [3.8, 4) is 11.5 Å². The fraction of sp³-hybridized carbons (Fsp3) is 0.333. The molecule has 0 bridgehead atoms. The quantitative estimate of drug-likeness (QED) is 0.820. The van der Waals surface area contributed by atoms with E-state index < -0.39 is 0 Å². The molecule has 4 heteroatoms. The minimum absolute atomic E-state index is 0.268. The molecule has 2 aromatic carbocycles. The number of aromatic hydroxyl groups is 1. The van der Waals surface area contributed by atoms with Crippen molar-refractivity contribution in [2.75, 3.05) is 7.11 Å². The molecule has 118 valence electrons. The summed E-state index contributed by atoms with van der Waals surface area (Å²) in [4.78, 5) is 0. The van der Waals surface area contributed by atoms with Crippen LogP contribution in [-0.2, 0) is 13.0 Å². The van der Waals surface area contributed by atoms with Crippen molar-refractivity contribution in [2.24, 2.45) is 0 Å². The van der Waals surface area contributed by atoms with Crippen LogP contribution in [0.2, 0.25) is 0 Å². The zero-order chi connectivity index (χ0) is 15.9. The van der Waals surface area contributed by atoms with Crippen LogP contribution in [-0.4, -0.2) is 18.3 Å². The van der Waals surface area contributed by atoms with E-state index in [1.807, 2.05) is 18.2 Å². The van der Waals surface area contributed by atoms with Gasteiger partial charge in [0, 0.05) is 12.6 Å². The van der Waals surface area contributed by atoms with E-state index in [4.69, 9.17) is 4.74 Å². The molecule has 22 heavy (non-hydrogen) atoms. The van der Waals surface area contributed by atoms with Gasteiger partial charge in [-0.25, -0.2) is 4.39 Å². The maximum atomic E-state index is 13.6. The molecular formula is C18H22FNO2. The average molecular weight is 303 g/mol. The minimum Gasteiger partial charge on any atom is -0.508 e. The van der Waals surface area contributed by atoms with Crippen LogP contribution in [0.15, 0.2) is 42.5 Å². The molecule has 0 aliphatic heterocycles. The molecule has 2 rings (SSSR count). The van der Waals surface area contributed by atoms with E-state index in [2.05, 4.69) is 12.2 Å². The second kappa shape index (κ2) is 7.80. The Kier molecular flexibility index (Phi) is 5.78. The first kappa shape index (κ1) is 16.3. The van der Waals surface area contributed by atoms with Crippen LogP contribution in [0, 0.1) is 5.82 Å². The SMILES string of the molecule is COc1ccc(CNC(C)CCc2ccc(O)cc2)cc1F. The van der Waals surface area contributed by atoms with Gasteiger partial charge in [-0.3, -0.25) is 0 Å². The monoisotopic (exact) mass is 303 g/mol. The number of methoxy groups -OCH3 is 1. The number of aryl methyl sites for hydroxylation is 1. The van der Waals surface area contributed by atoms with Crippen molar-refractivity contribution in [2.45, 2.75) is 32.4 Å². The number of phenolic OH excluding ortho intramolecular Hbond substituents is 1. The Hall–Kier alpha value is -2.07. The van der Waals surface area contributed by atoms with E-state index in [1.54, 1.807) is 18.2 Å². The second-order valence-electron chi connectivity index (χ2n) is 5.46. The summed E-state index contributed by atoms with van der Waals surface area (Å²) in [5, 5.41) is 12.6. The summed E-state index contributed by atoms with van der Waals surface area (Å²) in [7, 11) is 1.46. The summed E-state index contributed by atoms with van der Waals surface area (Å²) < 4.78 is 18.5. The first-order valence-corrected chi connectivity index (χ1v) is 7.42. The molecule has 0 aliphatic carbocycles. The van der Waals surface area contributed by atoms with Gasteiger partial charge in [0.2, 0.25) is 0 Å². The molecule has 3 nitrogen and oxygen atoms in total. The molecule has 2 N–H and O–H groups in total.